The minimum absolute atomic E-state index is 0.0792. The highest BCUT2D eigenvalue weighted by atomic mass is 35.5. The molecule has 0 saturated carbocycles. The Morgan fingerprint density at radius 2 is 1.63 bits per heavy atom. The van der Waals surface area contributed by atoms with Crippen LogP contribution >= 0.6 is 23.5 Å². The number of hydrogen-bond donors (Lipinski definition) is 1. The average Bonchev–Trinajstić information content (AvgIpc) is 2.77. The number of nitrogens with zero attached hydrogens (tertiary/aromatic N) is 1. The number of carboxylic acids is 1. The molecule has 0 bridgehead atoms. The summed E-state index contributed by atoms with van der Waals surface area (Å²) in [7, 11) is 0. The number of rotatable bonds is 6. The quantitative estimate of drug-likeness (QED) is 0.459. The fraction of sp³-hybridized carbons (Fsp3) is 0.208. The Hall–Kier alpha value is -2.47. The van der Waals surface area contributed by atoms with Crippen molar-refractivity contribution in [2.75, 3.05) is 13.1 Å². The summed E-state index contributed by atoms with van der Waals surface area (Å²) < 4.78 is 8.38. The van der Waals surface area contributed by atoms with Crippen molar-refractivity contribution >= 4 is 29.5 Å². The van der Waals surface area contributed by atoms with Crippen LogP contribution in [0.2, 0.25) is 5.02 Å². The van der Waals surface area contributed by atoms with Gasteiger partial charge in [0.2, 0.25) is 0 Å². The lowest BCUT2D eigenvalue weighted by molar-refractivity contribution is 0.0697. The van der Waals surface area contributed by atoms with Crippen LogP contribution in [0.15, 0.2) is 77.7 Å². The van der Waals surface area contributed by atoms with Gasteiger partial charge in [-0.15, -0.1) is 0 Å². The van der Waals surface area contributed by atoms with E-state index in [9.17, 15) is 4.79 Å². The van der Waals surface area contributed by atoms with Crippen molar-refractivity contribution in [3.8, 4) is 16.9 Å². The van der Waals surface area contributed by atoms with E-state index in [1.165, 1.54) is 28.2 Å². The van der Waals surface area contributed by atoms with Gasteiger partial charge in [0.15, 0.2) is 0 Å². The molecule has 1 N–H and O–H groups in total. The molecule has 0 aliphatic carbocycles. The minimum atomic E-state index is -0.995. The van der Waals surface area contributed by atoms with Crippen molar-refractivity contribution in [2.45, 2.75) is 23.8 Å². The normalized spacial score (nSPS) is 15.1. The maximum Gasteiger partial charge on any atom is 0.335 e. The third-order valence-corrected chi connectivity index (χ3v) is 6.47. The highest BCUT2D eigenvalue weighted by molar-refractivity contribution is 7.97. The molecule has 1 heterocycles. The Balaban J connectivity index is 1.29. The van der Waals surface area contributed by atoms with Gasteiger partial charge in [-0.05, 0) is 66.2 Å². The number of halogens is 1. The summed E-state index contributed by atoms with van der Waals surface area (Å²) in [5, 5.41) is 9.38. The molecule has 1 aliphatic heterocycles. The van der Waals surface area contributed by atoms with E-state index in [1.807, 2.05) is 6.07 Å². The van der Waals surface area contributed by atoms with Crippen LogP contribution in [-0.4, -0.2) is 34.6 Å². The lowest BCUT2D eigenvalue weighted by Gasteiger charge is -2.31. The van der Waals surface area contributed by atoms with Gasteiger partial charge >= 0.3 is 5.97 Å². The SMILES string of the molecule is O=C(O)c1ccc(OC2CCN(Sc3ccc(-c4ccccc4)cc3)CC2)c(Cl)c1. The van der Waals surface area contributed by atoms with Crippen molar-refractivity contribution in [2.24, 2.45) is 0 Å². The van der Waals surface area contributed by atoms with Crippen molar-refractivity contribution in [3.63, 3.8) is 0 Å². The predicted molar refractivity (Wildman–Crippen MR) is 121 cm³/mol. The Morgan fingerprint density at radius 3 is 2.27 bits per heavy atom. The third-order valence-electron chi connectivity index (χ3n) is 5.07. The summed E-state index contributed by atoms with van der Waals surface area (Å²) in [6.45, 7) is 1.83. The second-order valence-electron chi connectivity index (χ2n) is 7.18. The van der Waals surface area contributed by atoms with E-state index in [0.29, 0.717) is 10.8 Å². The molecule has 4 nitrogen and oxygen atoms in total. The standard InChI is InChI=1S/C24H22ClNO3S/c25-22-16-19(24(27)28)8-11-23(22)29-20-12-14-26(15-13-20)30-21-9-6-18(7-10-21)17-4-2-1-3-5-17/h1-11,16,20H,12-15H2,(H,27,28). The first-order chi connectivity index (χ1) is 14.6. The first kappa shape index (κ1) is 20.8. The zero-order valence-electron chi connectivity index (χ0n) is 16.3. The monoisotopic (exact) mass is 439 g/mol. The summed E-state index contributed by atoms with van der Waals surface area (Å²) in [6, 6.07) is 23.6. The van der Waals surface area contributed by atoms with E-state index in [4.69, 9.17) is 21.4 Å². The molecule has 4 rings (SSSR count). The average molecular weight is 440 g/mol. The number of aromatic carboxylic acids is 1. The molecule has 0 unspecified atom stereocenters. The molecular weight excluding hydrogens is 418 g/mol. The molecule has 0 atom stereocenters. The van der Waals surface area contributed by atoms with Crippen molar-refractivity contribution in [3.05, 3.63) is 83.4 Å². The van der Waals surface area contributed by atoms with Gasteiger partial charge in [0, 0.05) is 18.0 Å². The molecule has 0 amide bonds. The topological polar surface area (TPSA) is 49.8 Å². The summed E-state index contributed by atoms with van der Waals surface area (Å²) in [6.07, 6.45) is 1.87. The highest BCUT2D eigenvalue weighted by Crippen LogP contribution is 2.32. The van der Waals surface area contributed by atoms with E-state index in [0.717, 1.165) is 25.9 Å². The van der Waals surface area contributed by atoms with E-state index in [1.54, 1.807) is 18.0 Å². The van der Waals surface area contributed by atoms with Crippen molar-refractivity contribution < 1.29 is 14.6 Å². The van der Waals surface area contributed by atoms with Crippen molar-refractivity contribution in [1.82, 2.24) is 4.31 Å². The summed E-state index contributed by atoms with van der Waals surface area (Å²) in [5.74, 6) is -0.449. The predicted octanol–water partition coefficient (Wildman–Crippen LogP) is 6.26. The maximum atomic E-state index is 11.0. The van der Waals surface area contributed by atoms with Gasteiger partial charge < -0.3 is 9.84 Å². The first-order valence-corrected chi connectivity index (χ1v) is 11.0. The highest BCUT2D eigenvalue weighted by Gasteiger charge is 2.22. The molecule has 0 aromatic heterocycles. The number of carbonyl (C=O) groups is 1. The smallest absolute Gasteiger partial charge is 0.335 e. The van der Waals surface area contributed by atoms with E-state index < -0.39 is 5.97 Å². The van der Waals surface area contributed by atoms with Crippen LogP contribution in [0.5, 0.6) is 5.75 Å². The second kappa shape index (κ2) is 9.56. The fourth-order valence-electron chi connectivity index (χ4n) is 3.44. The number of hydrogen-bond acceptors (Lipinski definition) is 4. The van der Waals surface area contributed by atoms with Gasteiger partial charge in [0.05, 0.1) is 10.6 Å². The Bertz CT molecular complexity index is 1000. The Morgan fingerprint density at radius 1 is 0.967 bits per heavy atom. The summed E-state index contributed by atoms with van der Waals surface area (Å²) in [5.41, 5.74) is 2.61. The molecule has 6 heteroatoms. The lowest BCUT2D eigenvalue weighted by atomic mass is 10.1. The van der Waals surface area contributed by atoms with E-state index >= 15 is 0 Å². The molecule has 3 aromatic rings. The van der Waals surface area contributed by atoms with Gasteiger partial charge in [0.1, 0.15) is 11.9 Å². The van der Waals surface area contributed by atoms with Crippen LogP contribution in [0.3, 0.4) is 0 Å². The van der Waals surface area contributed by atoms with Crippen molar-refractivity contribution in [1.29, 1.82) is 0 Å². The Kier molecular flexibility index (Phi) is 6.62. The molecule has 154 valence electrons. The molecule has 1 aliphatic rings. The van der Waals surface area contributed by atoms with Crippen LogP contribution in [0.1, 0.15) is 23.2 Å². The number of ether oxygens (including phenoxy) is 1. The fourth-order valence-corrected chi connectivity index (χ4v) is 4.61. The summed E-state index contributed by atoms with van der Waals surface area (Å²) >= 11 is 7.95. The largest absolute Gasteiger partial charge is 0.489 e. The van der Waals surface area contributed by atoms with Gasteiger partial charge in [-0.25, -0.2) is 9.10 Å². The first-order valence-electron chi connectivity index (χ1n) is 9.86. The molecule has 1 saturated heterocycles. The minimum Gasteiger partial charge on any atom is -0.489 e. The zero-order chi connectivity index (χ0) is 20.9. The number of benzene rings is 3. The Labute approximate surface area is 185 Å². The zero-order valence-corrected chi connectivity index (χ0v) is 17.9. The molecule has 30 heavy (non-hydrogen) atoms. The van der Waals surface area contributed by atoms with E-state index in [2.05, 4.69) is 52.8 Å². The molecule has 1 fully saturated rings. The van der Waals surface area contributed by atoms with E-state index in [-0.39, 0.29) is 11.7 Å². The van der Waals surface area contributed by atoms with Gasteiger partial charge in [-0.1, -0.05) is 54.1 Å². The molecule has 0 spiro atoms. The molecular formula is C24H22ClNO3S. The molecule has 3 aromatic carbocycles. The maximum absolute atomic E-state index is 11.0. The van der Waals surface area contributed by atoms with Gasteiger partial charge in [-0.2, -0.15) is 0 Å². The van der Waals surface area contributed by atoms with Crippen LogP contribution < -0.4 is 4.74 Å². The molecule has 0 radical (unpaired) electrons. The number of carboxylic acid groups (broad SMARTS) is 1. The summed E-state index contributed by atoms with van der Waals surface area (Å²) in [4.78, 5) is 12.2. The van der Waals surface area contributed by atoms with Gasteiger partial charge in [0.25, 0.3) is 0 Å². The van der Waals surface area contributed by atoms with Crippen LogP contribution in [-0.2, 0) is 0 Å². The van der Waals surface area contributed by atoms with Gasteiger partial charge in [-0.3, -0.25) is 0 Å². The van der Waals surface area contributed by atoms with Crippen LogP contribution in [0, 0.1) is 0 Å². The van der Waals surface area contributed by atoms with Crippen LogP contribution in [0.4, 0.5) is 0 Å². The lowest BCUT2D eigenvalue weighted by Crippen LogP contribution is -2.34. The third kappa shape index (κ3) is 5.17. The number of piperidine rings is 1. The second-order valence-corrected chi connectivity index (χ2v) is 8.76. The van der Waals surface area contributed by atoms with Crippen LogP contribution in [0.25, 0.3) is 11.1 Å².